The van der Waals surface area contributed by atoms with E-state index in [1.54, 1.807) is 18.2 Å². The SMILES string of the molecule is Nc1onc(-c2ccc(F)cc2)c1-c1ccccc1F. The zero-order valence-corrected chi connectivity index (χ0v) is 10.3. The minimum absolute atomic E-state index is 0.0226. The monoisotopic (exact) mass is 272 g/mol. The number of aromatic nitrogens is 1. The molecule has 0 fully saturated rings. The molecular formula is C15H10F2N2O. The van der Waals surface area contributed by atoms with Crippen molar-refractivity contribution in [3.05, 3.63) is 60.2 Å². The van der Waals surface area contributed by atoms with Crippen molar-refractivity contribution in [3.8, 4) is 22.4 Å². The number of nitrogens with two attached hydrogens (primary N) is 1. The van der Waals surface area contributed by atoms with Gasteiger partial charge in [-0.05, 0) is 30.3 Å². The molecule has 0 aliphatic heterocycles. The Labute approximate surface area is 113 Å². The normalized spacial score (nSPS) is 10.7. The molecule has 20 heavy (non-hydrogen) atoms. The smallest absolute Gasteiger partial charge is 0.230 e. The molecule has 5 heteroatoms. The lowest BCUT2D eigenvalue weighted by Crippen LogP contribution is -1.90. The Morgan fingerprint density at radius 1 is 0.950 bits per heavy atom. The van der Waals surface area contributed by atoms with Crippen molar-refractivity contribution in [2.75, 3.05) is 5.73 Å². The Morgan fingerprint density at radius 2 is 1.65 bits per heavy atom. The lowest BCUT2D eigenvalue weighted by atomic mass is 10.0. The molecule has 0 saturated carbocycles. The third-order valence-corrected chi connectivity index (χ3v) is 2.98. The highest BCUT2D eigenvalue weighted by atomic mass is 19.1. The van der Waals surface area contributed by atoms with E-state index in [9.17, 15) is 8.78 Å². The van der Waals surface area contributed by atoms with Crippen molar-refractivity contribution in [2.45, 2.75) is 0 Å². The fourth-order valence-electron chi connectivity index (χ4n) is 2.03. The number of halogens is 2. The molecule has 2 N–H and O–H groups in total. The predicted octanol–water partition coefficient (Wildman–Crippen LogP) is 3.87. The van der Waals surface area contributed by atoms with Crippen molar-refractivity contribution in [1.29, 1.82) is 0 Å². The average molecular weight is 272 g/mol. The van der Waals surface area contributed by atoms with E-state index in [-0.39, 0.29) is 11.7 Å². The second-order valence-corrected chi connectivity index (χ2v) is 4.26. The van der Waals surface area contributed by atoms with Gasteiger partial charge in [0.2, 0.25) is 5.88 Å². The standard InChI is InChI=1S/C15H10F2N2O/c16-10-7-5-9(6-8-10)14-13(15(18)20-19-14)11-3-1-2-4-12(11)17/h1-8H,18H2. The number of hydrogen-bond donors (Lipinski definition) is 1. The molecule has 3 aromatic rings. The second-order valence-electron chi connectivity index (χ2n) is 4.26. The molecule has 0 saturated heterocycles. The van der Waals surface area contributed by atoms with Gasteiger partial charge in [0.15, 0.2) is 0 Å². The summed E-state index contributed by atoms with van der Waals surface area (Å²) < 4.78 is 31.8. The maximum Gasteiger partial charge on any atom is 0.230 e. The molecule has 3 nitrogen and oxygen atoms in total. The van der Waals surface area contributed by atoms with Crippen LogP contribution in [0.2, 0.25) is 0 Å². The molecule has 3 rings (SSSR count). The maximum atomic E-state index is 13.9. The van der Waals surface area contributed by atoms with Crippen LogP contribution in [0, 0.1) is 11.6 Å². The van der Waals surface area contributed by atoms with E-state index in [1.165, 1.54) is 30.3 Å². The van der Waals surface area contributed by atoms with E-state index in [1.807, 2.05) is 0 Å². The summed E-state index contributed by atoms with van der Waals surface area (Å²) in [5, 5.41) is 3.84. The molecule has 0 aliphatic carbocycles. The third kappa shape index (κ3) is 2.03. The number of nitrogens with zero attached hydrogens (tertiary/aromatic N) is 1. The highest BCUT2D eigenvalue weighted by Gasteiger charge is 2.19. The van der Waals surface area contributed by atoms with Gasteiger partial charge in [0.25, 0.3) is 0 Å². The van der Waals surface area contributed by atoms with Crippen LogP contribution in [0.5, 0.6) is 0 Å². The van der Waals surface area contributed by atoms with Crippen molar-refractivity contribution in [2.24, 2.45) is 0 Å². The van der Waals surface area contributed by atoms with E-state index in [4.69, 9.17) is 10.3 Å². The molecule has 0 amide bonds. The fraction of sp³-hybridized carbons (Fsp3) is 0. The molecule has 0 atom stereocenters. The molecule has 1 aromatic heterocycles. The van der Waals surface area contributed by atoms with E-state index in [2.05, 4.69) is 5.16 Å². The van der Waals surface area contributed by atoms with Crippen molar-refractivity contribution in [3.63, 3.8) is 0 Å². The highest BCUT2D eigenvalue weighted by Crippen LogP contribution is 2.37. The van der Waals surface area contributed by atoms with Crippen molar-refractivity contribution >= 4 is 5.88 Å². The Bertz CT molecular complexity index is 751. The Morgan fingerprint density at radius 3 is 2.35 bits per heavy atom. The molecule has 100 valence electrons. The van der Waals surface area contributed by atoms with E-state index >= 15 is 0 Å². The first kappa shape index (κ1) is 12.3. The summed E-state index contributed by atoms with van der Waals surface area (Å²) in [4.78, 5) is 0. The summed E-state index contributed by atoms with van der Waals surface area (Å²) in [6, 6.07) is 11.9. The number of rotatable bonds is 2. The summed E-state index contributed by atoms with van der Waals surface area (Å²) in [7, 11) is 0. The molecule has 0 unspecified atom stereocenters. The molecule has 1 heterocycles. The van der Waals surface area contributed by atoms with Crippen LogP contribution in [0.25, 0.3) is 22.4 Å². The van der Waals surface area contributed by atoms with Gasteiger partial charge in [-0.1, -0.05) is 23.4 Å². The lowest BCUT2D eigenvalue weighted by molar-refractivity contribution is 0.439. The molecule has 0 aliphatic rings. The summed E-state index contributed by atoms with van der Waals surface area (Å²) in [6.07, 6.45) is 0. The largest absolute Gasteiger partial charge is 0.367 e. The zero-order chi connectivity index (χ0) is 14.1. The van der Waals surface area contributed by atoms with Crippen molar-refractivity contribution in [1.82, 2.24) is 5.16 Å². The van der Waals surface area contributed by atoms with Gasteiger partial charge >= 0.3 is 0 Å². The van der Waals surface area contributed by atoms with Crippen LogP contribution in [0.15, 0.2) is 53.1 Å². The van der Waals surface area contributed by atoms with E-state index < -0.39 is 5.82 Å². The first-order chi connectivity index (χ1) is 9.66. The van der Waals surface area contributed by atoms with Gasteiger partial charge in [0, 0.05) is 11.1 Å². The third-order valence-electron chi connectivity index (χ3n) is 2.98. The first-order valence-electron chi connectivity index (χ1n) is 5.93. The van der Waals surface area contributed by atoms with Gasteiger partial charge in [-0.25, -0.2) is 8.78 Å². The molecular weight excluding hydrogens is 262 g/mol. The average Bonchev–Trinajstić information content (AvgIpc) is 2.82. The van der Waals surface area contributed by atoms with E-state index in [0.717, 1.165) is 0 Å². The Hall–Kier alpha value is -2.69. The van der Waals surface area contributed by atoms with Gasteiger partial charge in [0.05, 0.1) is 5.56 Å². The molecule has 0 spiro atoms. The van der Waals surface area contributed by atoms with Gasteiger partial charge < -0.3 is 10.3 Å². The zero-order valence-electron chi connectivity index (χ0n) is 10.3. The Kier molecular flexibility index (Phi) is 2.95. The number of benzene rings is 2. The highest BCUT2D eigenvalue weighted by molar-refractivity contribution is 5.86. The summed E-state index contributed by atoms with van der Waals surface area (Å²) in [5.74, 6) is -0.766. The van der Waals surface area contributed by atoms with Gasteiger partial charge in [0.1, 0.15) is 17.3 Å². The van der Waals surface area contributed by atoms with Crippen LogP contribution in [0.3, 0.4) is 0 Å². The number of anilines is 1. The summed E-state index contributed by atoms with van der Waals surface area (Å²) in [5.41, 5.74) is 7.39. The van der Waals surface area contributed by atoms with Gasteiger partial charge in [-0.3, -0.25) is 0 Å². The Balaban J connectivity index is 2.20. The molecule has 0 bridgehead atoms. The minimum Gasteiger partial charge on any atom is -0.367 e. The summed E-state index contributed by atoms with van der Waals surface area (Å²) in [6.45, 7) is 0. The van der Waals surface area contributed by atoms with Crippen LogP contribution in [-0.4, -0.2) is 5.16 Å². The first-order valence-corrected chi connectivity index (χ1v) is 5.93. The number of hydrogen-bond acceptors (Lipinski definition) is 3. The van der Waals surface area contributed by atoms with Gasteiger partial charge in [-0.15, -0.1) is 0 Å². The summed E-state index contributed by atoms with van der Waals surface area (Å²) >= 11 is 0. The van der Waals surface area contributed by atoms with Crippen LogP contribution in [0.1, 0.15) is 0 Å². The predicted molar refractivity (Wildman–Crippen MR) is 71.7 cm³/mol. The molecule has 0 radical (unpaired) electrons. The van der Waals surface area contributed by atoms with Crippen LogP contribution in [0.4, 0.5) is 14.7 Å². The lowest BCUT2D eigenvalue weighted by Gasteiger charge is -2.04. The van der Waals surface area contributed by atoms with E-state index in [0.29, 0.717) is 22.4 Å². The molecule has 2 aromatic carbocycles. The van der Waals surface area contributed by atoms with Crippen LogP contribution in [-0.2, 0) is 0 Å². The van der Waals surface area contributed by atoms with Gasteiger partial charge in [-0.2, -0.15) is 0 Å². The minimum atomic E-state index is -0.425. The topological polar surface area (TPSA) is 52.0 Å². The second kappa shape index (κ2) is 4.77. The van der Waals surface area contributed by atoms with Crippen molar-refractivity contribution < 1.29 is 13.3 Å². The maximum absolute atomic E-state index is 13.9. The van der Waals surface area contributed by atoms with Crippen LogP contribution < -0.4 is 5.73 Å². The quantitative estimate of drug-likeness (QED) is 0.770. The fourth-order valence-corrected chi connectivity index (χ4v) is 2.03. The number of nitrogen functional groups attached to an aromatic ring is 1. The van der Waals surface area contributed by atoms with Crippen LogP contribution >= 0.6 is 0 Å².